The molecule has 0 amide bonds. The van der Waals surface area contributed by atoms with E-state index in [2.05, 4.69) is 17.7 Å². The second kappa shape index (κ2) is 3.38. The third kappa shape index (κ3) is 2.17. The molecule has 0 spiro atoms. The van der Waals surface area contributed by atoms with Gasteiger partial charge in [-0.1, -0.05) is 0 Å². The summed E-state index contributed by atoms with van der Waals surface area (Å²) >= 11 is 3.87. The van der Waals surface area contributed by atoms with Crippen molar-refractivity contribution in [1.29, 1.82) is 0 Å². The van der Waals surface area contributed by atoms with E-state index in [1.165, 1.54) is 4.68 Å². The Bertz CT molecular complexity index is 256. The van der Waals surface area contributed by atoms with Crippen molar-refractivity contribution in [3.8, 4) is 0 Å². The van der Waals surface area contributed by atoms with Crippen LogP contribution in [0.1, 0.15) is 5.56 Å². The van der Waals surface area contributed by atoms with E-state index in [1.807, 2.05) is 0 Å². The number of aryl methyl sites for hydroxylation is 1. The molecule has 0 bridgehead atoms. The number of thiol groups is 1. The molecule has 0 aliphatic heterocycles. The lowest BCUT2D eigenvalue weighted by molar-refractivity contribution is -0.137. The van der Waals surface area contributed by atoms with Gasteiger partial charge in [0.2, 0.25) is 0 Å². The van der Waals surface area contributed by atoms with Crippen LogP contribution >= 0.6 is 12.6 Å². The highest BCUT2D eigenvalue weighted by atomic mass is 32.1. The third-order valence-electron chi connectivity index (χ3n) is 1.29. The zero-order valence-electron chi connectivity index (χ0n) is 6.04. The Balaban J connectivity index is 2.77. The van der Waals surface area contributed by atoms with E-state index in [4.69, 9.17) is 0 Å². The van der Waals surface area contributed by atoms with E-state index >= 15 is 0 Å². The molecule has 0 aromatic carbocycles. The summed E-state index contributed by atoms with van der Waals surface area (Å²) in [7, 11) is 0. The topological polar surface area (TPSA) is 17.8 Å². The number of aromatic nitrogens is 2. The average Bonchev–Trinajstić information content (AvgIpc) is 2.35. The van der Waals surface area contributed by atoms with Crippen LogP contribution in [-0.4, -0.2) is 15.5 Å². The lowest BCUT2D eigenvalue weighted by Gasteiger charge is -2.00. The first-order chi connectivity index (χ1) is 5.54. The van der Waals surface area contributed by atoms with Gasteiger partial charge >= 0.3 is 6.18 Å². The fourth-order valence-electron chi connectivity index (χ4n) is 0.735. The SMILES string of the molecule is FC(F)(F)c1cnn(CCS)c1. The highest BCUT2D eigenvalue weighted by molar-refractivity contribution is 7.80. The molecule has 0 fully saturated rings. The Hall–Kier alpha value is -0.650. The van der Waals surface area contributed by atoms with Crippen LogP contribution in [0.2, 0.25) is 0 Å². The zero-order chi connectivity index (χ0) is 9.19. The fourth-order valence-corrected chi connectivity index (χ4v) is 0.940. The van der Waals surface area contributed by atoms with Crippen LogP contribution in [0.3, 0.4) is 0 Å². The van der Waals surface area contributed by atoms with Crippen molar-refractivity contribution in [2.75, 3.05) is 5.75 Å². The van der Waals surface area contributed by atoms with E-state index in [0.29, 0.717) is 12.3 Å². The summed E-state index contributed by atoms with van der Waals surface area (Å²) in [6.07, 6.45) is -2.52. The highest BCUT2D eigenvalue weighted by Crippen LogP contribution is 2.28. The van der Waals surface area contributed by atoms with Crippen molar-refractivity contribution in [2.24, 2.45) is 0 Å². The van der Waals surface area contributed by atoms with Crippen LogP contribution in [0.15, 0.2) is 12.4 Å². The van der Waals surface area contributed by atoms with Crippen LogP contribution < -0.4 is 0 Å². The number of hydrogen-bond acceptors (Lipinski definition) is 2. The second-order valence-electron chi connectivity index (χ2n) is 2.21. The van der Waals surface area contributed by atoms with Crippen LogP contribution in [0, 0.1) is 0 Å². The predicted molar refractivity (Wildman–Crippen MR) is 41.1 cm³/mol. The van der Waals surface area contributed by atoms with Crippen molar-refractivity contribution in [3.05, 3.63) is 18.0 Å². The fraction of sp³-hybridized carbons (Fsp3) is 0.500. The van der Waals surface area contributed by atoms with Crippen molar-refractivity contribution >= 4 is 12.6 Å². The number of nitrogens with zero attached hydrogens (tertiary/aromatic N) is 2. The Morgan fingerprint density at radius 3 is 2.58 bits per heavy atom. The predicted octanol–water partition coefficient (Wildman–Crippen LogP) is 1.83. The Kier molecular flexibility index (Phi) is 2.66. The standard InChI is InChI=1S/C6H7F3N2S/c7-6(8,9)5-3-10-11(4-5)1-2-12/h3-4,12H,1-2H2. The van der Waals surface area contributed by atoms with E-state index in [1.54, 1.807) is 0 Å². The molecule has 0 radical (unpaired) electrons. The summed E-state index contributed by atoms with van der Waals surface area (Å²) in [5.74, 6) is 0.471. The van der Waals surface area contributed by atoms with Crippen molar-refractivity contribution in [3.63, 3.8) is 0 Å². The third-order valence-corrected chi connectivity index (χ3v) is 1.49. The maximum absolute atomic E-state index is 12.0. The Morgan fingerprint density at radius 2 is 2.17 bits per heavy atom. The second-order valence-corrected chi connectivity index (χ2v) is 2.66. The molecule has 1 heterocycles. The Labute approximate surface area is 72.8 Å². The molecule has 0 aliphatic carbocycles. The van der Waals surface area contributed by atoms with E-state index in [-0.39, 0.29) is 0 Å². The molecule has 12 heavy (non-hydrogen) atoms. The summed E-state index contributed by atoms with van der Waals surface area (Å²) < 4.78 is 37.1. The molecule has 0 saturated carbocycles. The van der Waals surface area contributed by atoms with Gasteiger partial charge in [0, 0.05) is 18.5 Å². The van der Waals surface area contributed by atoms with Gasteiger partial charge in [-0.3, -0.25) is 4.68 Å². The summed E-state index contributed by atoms with van der Waals surface area (Å²) in [5, 5.41) is 3.52. The minimum atomic E-state index is -4.30. The summed E-state index contributed by atoms with van der Waals surface area (Å²) in [4.78, 5) is 0. The first-order valence-electron chi connectivity index (χ1n) is 3.24. The number of halogens is 3. The summed E-state index contributed by atoms with van der Waals surface area (Å²) in [6.45, 7) is 0.388. The molecular weight excluding hydrogens is 189 g/mol. The maximum Gasteiger partial charge on any atom is 0.419 e. The molecule has 0 saturated heterocycles. The summed E-state index contributed by atoms with van der Waals surface area (Å²) in [6, 6.07) is 0. The van der Waals surface area contributed by atoms with Gasteiger partial charge in [0.15, 0.2) is 0 Å². The van der Waals surface area contributed by atoms with Gasteiger partial charge < -0.3 is 0 Å². The number of hydrogen-bond donors (Lipinski definition) is 1. The van der Waals surface area contributed by atoms with Gasteiger partial charge in [-0.25, -0.2) is 0 Å². The first-order valence-corrected chi connectivity index (χ1v) is 3.88. The Morgan fingerprint density at radius 1 is 1.50 bits per heavy atom. The van der Waals surface area contributed by atoms with Gasteiger partial charge in [0.1, 0.15) is 0 Å². The van der Waals surface area contributed by atoms with Crippen LogP contribution in [0.4, 0.5) is 13.2 Å². The largest absolute Gasteiger partial charge is 0.419 e. The van der Waals surface area contributed by atoms with Crippen molar-refractivity contribution in [1.82, 2.24) is 9.78 Å². The smallest absolute Gasteiger partial charge is 0.271 e. The van der Waals surface area contributed by atoms with Gasteiger partial charge in [0.25, 0.3) is 0 Å². The highest BCUT2D eigenvalue weighted by Gasteiger charge is 2.31. The van der Waals surface area contributed by atoms with E-state index in [0.717, 1.165) is 12.4 Å². The van der Waals surface area contributed by atoms with Crippen molar-refractivity contribution in [2.45, 2.75) is 12.7 Å². The zero-order valence-corrected chi connectivity index (χ0v) is 6.94. The molecule has 6 heteroatoms. The summed E-state index contributed by atoms with van der Waals surface area (Å²) in [5.41, 5.74) is -0.718. The van der Waals surface area contributed by atoms with Crippen molar-refractivity contribution < 1.29 is 13.2 Å². The molecule has 1 rings (SSSR count). The quantitative estimate of drug-likeness (QED) is 0.714. The minimum absolute atomic E-state index is 0.388. The van der Waals surface area contributed by atoms with Gasteiger partial charge in [-0.15, -0.1) is 0 Å². The molecule has 0 N–H and O–H groups in total. The number of rotatable bonds is 2. The minimum Gasteiger partial charge on any atom is -0.271 e. The monoisotopic (exact) mass is 196 g/mol. The first kappa shape index (κ1) is 9.44. The number of alkyl halides is 3. The average molecular weight is 196 g/mol. The van der Waals surface area contributed by atoms with Crippen LogP contribution in [-0.2, 0) is 12.7 Å². The molecule has 1 aromatic rings. The molecule has 1 aromatic heterocycles. The molecule has 0 aliphatic rings. The normalized spacial score (nSPS) is 12.0. The van der Waals surface area contributed by atoms with Crippen LogP contribution in [0.25, 0.3) is 0 Å². The lowest BCUT2D eigenvalue weighted by Crippen LogP contribution is -2.03. The van der Waals surface area contributed by atoms with Gasteiger partial charge in [-0.2, -0.15) is 30.9 Å². The maximum atomic E-state index is 12.0. The van der Waals surface area contributed by atoms with Gasteiger partial charge in [-0.05, 0) is 0 Å². The molecule has 0 atom stereocenters. The molecule has 68 valence electrons. The van der Waals surface area contributed by atoms with Crippen LogP contribution in [0.5, 0.6) is 0 Å². The molecule has 0 unspecified atom stereocenters. The molecular formula is C6H7F3N2S. The van der Waals surface area contributed by atoms with Gasteiger partial charge in [0.05, 0.1) is 11.8 Å². The van der Waals surface area contributed by atoms with E-state index in [9.17, 15) is 13.2 Å². The lowest BCUT2D eigenvalue weighted by atomic mass is 10.4. The molecule has 2 nitrogen and oxygen atoms in total. The van der Waals surface area contributed by atoms with E-state index < -0.39 is 11.7 Å².